The first-order chi connectivity index (χ1) is 5.49. The lowest BCUT2D eigenvalue weighted by molar-refractivity contribution is -0.152. The number of Topliss-reactive ketones (excluding diaryl/α,β-unsaturated/α-hetero) is 1. The molecular formula is C6H9NO5. The van der Waals surface area contributed by atoms with E-state index in [0.717, 1.165) is 7.11 Å². The fourth-order valence-corrected chi connectivity index (χ4v) is 0.484. The zero-order valence-electron chi connectivity index (χ0n) is 6.44. The van der Waals surface area contributed by atoms with E-state index in [0.29, 0.717) is 0 Å². The Hall–Kier alpha value is -1.43. The molecule has 6 heteroatoms. The number of carboxylic acids is 1. The summed E-state index contributed by atoms with van der Waals surface area (Å²) in [6.45, 7) is 0. The largest absolute Gasteiger partial charge is 0.480 e. The maximum atomic E-state index is 10.7. The molecule has 0 spiro atoms. The number of nitrogens with two attached hydrogens (primary N) is 1. The molecule has 0 radical (unpaired) electrons. The molecule has 0 amide bonds. The highest BCUT2D eigenvalue weighted by Gasteiger charge is 2.21. The van der Waals surface area contributed by atoms with Gasteiger partial charge in [-0.25, -0.2) is 4.79 Å². The fourth-order valence-electron chi connectivity index (χ4n) is 0.484. The molecule has 0 aromatic carbocycles. The van der Waals surface area contributed by atoms with Crippen LogP contribution in [-0.4, -0.2) is 36.0 Å². The average molecular weight is 175 g/mol. The number of ether oxygens (including phenoxy) is 1. The van der Waals surface area contributed by atoms with E-state index in [1.165, 1.54) is 0 Å². The molecule has 0 aliphatic rings. The topological polar surface area (TPSA) is 107 Å². The molecule has 68 valence electrons. The van der Waals surface area contributed by atoms with E-state index in [4.69, 9.17) is 10.8 Å². The quantitative estimate of drug-likeness (QED) is 0.399. The van der Waals surface area contributed by atoms with Crippen molar-refractivity contribution in [1.82, 2.24) is 0 Å². The Morgan fingerprint density at radius 1 is 1.50 bits per heavy atom. The normalized spacial score (nSPS) is 11.8. The molecule has 0 saturated heterocycles. The van der Waals surface area contributed by atoms with Crippen LogP contribution in [0.5, 0.6) is 0 Å². The van der Waals surface area contributed by atoms with Crippen LogP contribution in [0.1, 0.15) is 6.42 Å². The van der Waals surface area contributed by atoms with Crippen molar-refractivity contribution in [3.8, 4) is 0 Å². The van der Waals surface area contributed by atoms with E-state index in [1.54, 1.807) is 0 Å². The minimum absolute atomic E-state index is 0.540. The fraction of sp³-hybridized carbons (Fsp3) is 0.500. The zero-order valence-corrected chi connectivity index (χ0v) is 6.44. The summed E-state index contributed by atoms with van der Waals surface area (Å²) in [7, 11) is 1.03. The summed E-state index contributed by atoms with van der Waals surface area (Å²) >= 11 is 0. The smallest absolute Gasteiger partial charge is 0.374 e. The Morgan fingerprint density at radius 3 is 2.33 bits per heavy atom. The lowest BCUT2D eigenvalue weighted by Gasteiger charge is -2.02. The summed E-state index contributed by atoms with van der Waals surface area (Å²) in [6, 6.07) is -1.35. The van der Waals surface area contributed by atoms with Crippen LogP contribution in [0.4, 0.5) is 0 Å². The minimum Gasteiger partial charge on any atom is -0.480 e. The summed E-state index contributed by atoms with van der Waals surface area (Å²) in [5, 5.41) is 8.26. The monoisotopic (exact) mass is 175 g/mol. The molecule has 0 aromatic rings. The Bertz CT molecular complexity index is 212. The summed E-state index contributed by atoms with van der Waals surface area (Å²) in [6.07, 6.45) is -0.540. The summed E-state index contributed by atoms with van der Waals surface area (Å²) in [4.78, 5) is 31.2. The van der Waals surface area contributed by atoms with E-state index < -0.39 is 30.2 Å². The number of esters is 1. The van der Waals surface area contributed by atoms with Crippen LogP contribution in [0.25, 0.3) is 0 Å². The highest BCUT2D eigenvalue weighted by atomic mass is 16.5. The first-order valence-electron chi connectivity index (χ1n) is 3.08. The van der Waals surface area contributed by atoms with Crippen molar-refractivity contribution < 1.29 is 24.2 Å². The molecule has 1 atom stereocenters. The van der Waals surface area contributed by atoms with Gasteiger partial charge in [-0.1, -0.05) is 0 Å². The van der Waals surface area contributed by atoms with E-state index in [-0.39, 0.29) is 0 Å². The van der Waals surface area contributed by atoms with Gasteiger partial charge in [0.2, 0.25) is 5.78 Å². The molecule has 0 unspecified atom stereocenters. The Kier molecular flexibility index (Phi) is 3.92. The van der Waals surface area contributed by atoms with Gasteiger partial charge in [-0.2, -0.15) is 0 Å². The molecule has 0 heterocycles. The molecule has 12 heavy (non-hydrogen) atoms. The number of carbonyl (C=O) groups is 3. The summed E-state index contributed by atoms with van der Waals surface area (Å²) in [5.41, 5.74) is 4.98. The van der Waals surface area contributed by atoms with Crippen LogP contribution >= 0.6 is 0 Å². The maximum absolute atomic E-state index is 10.7. The predicted octanol–water partition coefficient (Wildman–Crippen LogP) is -1.47. The number of ketones is 1. The molecule has 0 rings (SSSR count). The number of carboxylic acid groups (broad SMARTS) is 1. The minimum atomic E-state index is -1.35. The first kappa shape index (κ1) is 10.6. The van der Waals surface area contributed by atoms with Gasteiger partial charge in [0, 0.05) is 6.42 Å². The predicted molar refractivity (Wildman–Crippen MR) is 37.3 cm³/mol. The van der Waals surface area contributed by atoms with Crippen LogP contribution in [-0.2, 0) is 19.1 Å². The van der Waals surface area contributed by atoms with Crippen molar-refractivity contribution in [3.05, 3.63) is 0 Å². The van der Waals surface area contributed by atoms with Crippen molar-refractivity contribution in [2.45, 2.75) is 12.5 Å². The number of aliphatic carboxylic acids is 1. The van der Waals surface area contributed by atoms with Crippen molar-refractivity contribution in [2.24, 2.45) is 5.73 Å². The average Bonchev–Trinajstić information content (AvgIpc) is 2.02. The SMILES string of the molecule is COC(=O)C(=O)C[C@@H](N)C(=O)O. The Morgan fingerprint density at radius 2 is 2.00 bits per heavy atom. The molecule has 0 saturated carbocycles. The Balaban J connectivity index is 4.01. The molecular weight excluding hydrogens is 166 g/mol. The van der Waals surface area contributed by atoms with Gasteiger partial charge in [0.05, 0.1) is 7.11 Å². The molecule has 3 N–H and O–H groups in total. The maximum Gasteiger partial charge on any atom is 0.374 e. The summed E-state index contributed by atoms with van der Waals surface area (Å²) in [5.74, 6) is -3.34. The zero-order chi connectivity index (χ0) is 9.72. The number of methoxy groups -OCH3 is 1. The third-order valence-corrected chi connectivity index (χ3v) is 1.14. The number of hydrogen-bond donors (Lipinski definition) is 2. The van der Waals surface area contributed by atoms with Gasteiger partial charge in [0.15, 0.2) is 0 Å². The van der Waals surface area contributed by atoms with Crippen LogP contribution < -0.4 is 5.73 Å². The molecule has 0 aromatic heterocycles. The van der Waals surface area contributed by atoms with E-state index in [9.17, 15) is 14.4 Å². The van der Waals surface area contributed by atoms with Gasteiger partial charge >= 0.3 is 11.9 Å². The highest BCUT2D eigenvalue weighted by molar-refractivity contribution is 6.34. The van der Waals surface area contributed by atoms with Gasteiger partial charge in [-0.3, -0.25) is 9.59 Å². The number of rotatable bonds is 4. The molecule has 0 aliphatic carbocycles. The third kappa shape index (κ3) is 3.11. The lowest BCUT2D eigenvalue weighted by Crippen LogP contribution is -2.34. The Labute approximate surface area is 68.3 Å². The first-order valence-corrected chi connectivity index (χ1v) is 3.08. The van der Waals surface area contributed by atoms with Gasteiger partial charge in [0.1, 0.15) is 6.04 Å². The second-order valence-corrected chi connectivity index (χ2v) is 2.06. The van der Waals surface area contributed by atoms with Crippen molar-refractivity contribution in [2.75, 3.05) is 7.11 Å². The number of carbonyl (C=O) groups excluding carboxylic acids is 2. The third-order valence-electron chi connectivity index (χ3n) is 1.14. The van der Waals surface area contributed by atoms with Gasteiger partial charge in [0.25, 0.3) is 0 Å². The van der Waals surface area contributed by atoms with Crippen molar-refractivity contribution >= 4 is 17.7 Å². The molecule has 0 bridgehead atoms. The second kappa shape index (κ2) is 4.45. The van der Waals surface area contributed by atoms with Crippen LogP contribution in [0, 0.1) is 0 Å². The van der Waals surface area contributed by atoms with Gasteiger partial charge in [-0.05, 0) is 0 Å². The van der Waals surface area contributed by atoms with Crippen molar-refractivity contribution in [1.29, 1.82) is 0 Å². The van der Waals surface area contributed by atoms with E-state index >= 15 is 0 Å². The van der Waals surface area contributed by atoms with Gasteiger partial charge in [-0.15, -0.1) is 0 Å². The standard InChI is InChI=1S/C6H9NO5/c1-12-6(11)4(8)2-3(7)5(9)10/h3H,2,7H2,1H3,(H,9,10)/t3-/m1/s1. The number of hydrogen-bond acceptors (Lipinski definition) is 5. The van der Waals surface area contributed by atoms with Crippen LogP contribution in [0.15, 0.2) is 0 Å². The van der Waals surface area contributed by atoms with Crippen molar-refractivity contribution in [3.63, 3.8) is 0 Å². The highest BCUT2D eigenvalue weighted by Crippen LogP contribution is 1.92. The van der Waals surface area contributed by atoms with Crippen LogP contribution in [0.2, 0.25) is 0 Å². The summed E-state index contributed by atoms with van der Waals surface area (Å²) < 4.78 is 4.06. The molecule has 6 nitrogen and oxygen atoms in total. The second-order valence-electron chi connectivity index (χ2n) is 2.06. The molecule has 0 fully saturated rings. The van der Waals surface area contributed by atoms with Crippen LogP contribution in [0.3, 0.4) is 0 Å². The van der Waals surface area contributed by atoms with Gasteiger partial charge < -0.3 is 15.6 Å². The van der Waals surface area contributed by atoms with E-state index in [2.05, 4.69) is 4.74 Å². The molecule has 0 aliphatic heterocycles. The van der Waals surface area contributed by atoms with E-state index in [1.807, 2.05) is 0 Å². The lowest BCUT2D eigenvalue weighted by atomic mass is 10.1.